The second-order valence-corrected chi connectivity index (χ2v) is 3.88. The fourth-order valence-electron chi connectivity index (χ4n) is 1.91. The lowest BCUT2D eigenvalue weighted by Gasteiger charge is -2.08. The monoisotopic (exact) mass is 256 g/mol. The predicted octanol–water partition coefficient (Wildman–Crippen LogP) is 1.81. The zero-order chi connectivity index (χ0) is 13.2. The third-order valence-electron chi connectivity index (χ3n) is 2.83. The third kappa shape index (κ3) is 1.87. The summed E-state index contributed by atoms with van der Waals surface area (Å²) >= 11 is 0. The molecule has 0 saturated carbocycles. The quantitative estimate of drug-likeness (QED) is 0.715. The van der Waals surface area contributed by atoms with Crippen molar-refractivity contribution in [2.45, 2.75) is 0 Å². The number of rotatable bonds is 3. The number of aromatic nitrogens is 4. The van der Waals surface area contributed by atoms with Gasteiger partial charge < -0.3 is 9.47 Å². The number of nitrogens with zero attached hydrogens (tertiary/aromatic N) is 4. The second-order valence-electron chi connectivity index (χ2n) is 3.88. The maximum absolute atomic E-state index is 5.29. The van der Waals surface area contributed by atoms with Crippen molar-refractivity contribution in [2.75, 3.05) is 14.2 Å². The highest BCUT2D eigenvalue weighted by molar-refractivity contribution is 5.63. The van der Waals surface area contributed by atoms with E-state index in [0.29, 0.717) is 23.1 Å². The topological polar surface area (TPSA) is 61.5 Å². The minimum absolute atomic E-state index is 0.562. The molecule has 0 aliphatic heterocycles. The summed E-state index contributed by atoms with van der Waals surface area (Å²) in [6.07, 6.45) is 3.55. The molecule has 96 valence electrons. The van der Waals surface area contributed by atoms with Gasteiger partial charge in [0.05, 0.1) is 14.2 Å². The minimum Gasteiger partial charge on any atom is -0.493 e. The van der Waals surface area contributed by atoms with Gasteiger partial charge in [-0.1, -0.05) is 0 Å². The minimum atomic E-state index is 0.562. The Morgan fingerprint density at radius 3 is 2.68 bits per heavy atom. The van der Waals surface area contributed by atoms with Gasteiger partial charge in [-0.15, -0.1) is 10.2 Å². The number of methoxy groups -OCH3 is 2. The Balaban J connectivity index is 2.16. The van der Waals surface area contributed by atoms with Crippen LogP contribution in [0, 0.1) is 0 Å². The molecule has 0 aliphatic carbocycles. The van der Waals surface area contributed by atoms with Crippen LogP contribution in [0.3, 0.4) is 0 Å². The average molecular weight is 256 g/mol. The molecule has 0 N–H and O–H groups in total. The van der Waals surface area contributed by atoms with Crippen molar-refractivity contribution in [3.8, 4) is 22.9 Å². The first-order valence-corrected chi connectivity index (χ1v) is 5.71. The Hall–Kier alpha value is -2.63. The Morgan fingerprint density at radius 1 is 1.05 bits per heavy atom. The van der Waals surface area contributed by atoms with Crippen LogP contribution < -0.4 is 9.47 Å². The van der Waals surface area contributed by atoms with Crippen LogP contribution in [0.1, 0.15) is 0 Å². The van der Waals surface area contributed by atoms with Crippen LogP contribution in [0.2, 0.25) is 0 Å². The van der Waals surface area contributed by atoms with Crippen molar-refractivity contribution < 1.29 is 9.47 Å². The van der Waals surface area contributed by atoms with Crippen LogP contribution in [0.5, 0.6) is 11.5 Å². The Morgan fingerprint density at radius 2 is 1.89 bits per heavy atom. The fraction of sp³-hybridized carbons (Fsp3) is 0.154. The predicted molar refractivity (Wildman–Crippen MR) is 69.3 cm³/mol. The SMILES string of the molecule is COc1ccc(-c2nnc3ncccn23)cc1OC. The summed E-state index contributed by atoms with van der Waals surface area (Å²) < 4.78 is 12.3. The smallest absolute Gasteiger partial charge is 0.255 e. The van der Waals surface area contributed by atoms with Crippen LogP contribution in [-0.2, 0) is 0 Å². The molecule has 0 bridgehead atoms. The van der Waals surface area contributed by atoms with Gasteiger partial charge in [-0.05, 0) is 24.3 Å². The van der Waals surface area contributed by atoms with Crippen molar-refractivity contribution in [3.63, 3.8) is 0 Å². The van der Waals surface area contributed by atoms with Crippen LogP contribution >= 0.6 is 0 Å². The van der Waals surface area contributed by atoms with Crippen molar-refractivity contribution in [1.82, 2.24) is 19.6 Å². The van der Waals surface area contributed by atoms with E-state index >= 15 is 0 Å². The molecular formula is C13H12N4O2. The largest absolute Gasteiger partial charge is 0.493 e. The molecule has 3 aromatic rings. The highest BCUT2D eigenvalue weighted by atomic mass is 16.5. The van der Waals surface area contributed by atoms with Gasteiger partial charge in [0.25, 0.3) is 5.78 Å². The molecule has 0 fully saturated rings. The third-order valence-corrected chi connectivity index (χ3v) is 2.83. The number of hydrogen-bond acceptors (Lipinski definition) is 5. The molecule has 6 nitrogen and oxygen atoms in total. The maximum Gasteiger partial charge on any atom is 0.255 e. The number of ether oxygens (including phenoxy) is 2. The van der Waals surface area contributed by atoms with E-state index in [-0.39, 0.29) is 0 Å². The summed E-state index contributed by atoms with van der Waals surface area (Å²) in [6.45, 7) is 0. The number of hydrogen-bond donors (Lipinski definition) is 0. The first kappa shape index (κ1) is 11.5. The molecule has 0 aliphatic rings. The molecule has 0 unspecified atom stereocenters. The molecule has 3 rings (SSSR count). The van der Waals surface area contributed by atoms with Crippen LogP contribution in [-0.4, -0.2) is 33.8 Å². The summed E-state index contributed by atoms with van der Waals surface area (Å²) in [5.74, 6) is 2.61. The molecule has 2 aromatic heterocycles. The van der Waals surface area contributed by atoms with E-state index in [2.05, 4.69) is 15.2 Å². The summed E-state index contributed by atoms with van der Waals surface area (Å²) in [6, 6.07) is 7.44. The van der Waals surface area contributed by atoms with Gasteiger partial charge in [0, 0.05) is 18.0 Å². The van der Waals surface area contributed by atoms with Crippen molar-refractivity contribution in [2.24, 2.45) is 0 Å². The lowest BCUT2D eigenvalue weighted by atomic mass is 10.2. The molecule has 6 heteroatoms. The average Bonchev–Trinajstić information content (AvgIpc) is 2.90. The highest BCUT2D eigenvalue weighted by Crippen LogP contribution is 2.31. The van der Waals surface area contributed by atoms with Gasteiger partial charge in [0.15, 0.2) is 17.3 Å². The molecule has 0 saturated heterocycles. The summed E-state index contributed by atoms with van der Waals surface area (Å²) in [5.41, 5.74) is 0.887. The standard InChI is InChI=1S/C13H12N4O2/c1-18-10-5-4-9(8-11(10)19-2)12-15-16-13-14-6-3-7-17(12)13/h3-8H,1-2H3. The van der Waals surface area contributed by atoms with Gasteiger partial charge >= 0.3 is 0 Å². The van der Waals surface area contributed by atoms with E-state index < -0.39 is 0 Å². The van der Waals surface area contributed by atoms with Gasteiger partial charge in [-0.2, -0.15) is 0 Å². The molecule has 0 amide bonds. The Kier molecular flexibility index (Phi) is 2.75. The highest BCUT2D eigenvalue weighted by Gasteiger charge is 2.11. The van der Waals surface area contributed by atoms with Crippen molar-refractivity contribution in [3.05, 3.63) is 36.7 Å². The Labute approximate surface area is 109 Å². The molecule has 19 heavy (non-hydrogen) atoms. The Bertz CT molecular complexity index is 723. The summed E-state index contributed by atoms with van der Waals surface area (Å²) in [4.78, 5) is 4.14. The molecule has 0 radical (unpaired) electrons. The van der Waals surface area contributed by atoms with E-state index in [9.17, 15) is 0 Å². The maximum atomic E-state index is 5.29. The molecule has 2 heterocycles. The first-order valence-electron chi connectivity index (χ1n) is 5.71. The summed E-state index contributed by atoms with van der Waals surface area (Å²) in [7, 11) is 3.21. The van der Waals surface area contributed by atoms with E-state index in [4.69, 9.17) is 9.47 Å². The molecule has 1 aromatic carbocycles. The van der Waals surface area contributed by atoms with Crippen LogP contribution in [0.25, 0.3) is 17.2 Å². The zero-order valence-electron chi connectivity index (χ0n) is 10.6. The van der Waals surface area contributed by atoms with Crippen molar-refractivity contribution in [1.29, 1.82) is 0 Å². The van der Waals surface area contributed by atoms with E-state index in [1.807, 2.05) is 34.9 Å². The fourth-order valence-corrected chi connectivity index (χ4v) is 1.91. The van der Waals surface area contributed by atoms with Crippen LogP contribution in [0.15, 0.2) is 36.7 Å². The number of fused-ring (bicyclic) bond motifs is 1. The second kappa shape index (κ2) is 4.56. The van der Waals surface area contributed by atoms with Crippen molar-refractivity contribution >= 4 is 5.78 Å². The van der Waals surface area contributed by atoms with Gasteiger partial charge in [0.1, 0.15) is 0 Å². The molecule has 0 spiro atoms. The lowest BCUT2D eigenvalue weighted by molar-refractivity contribution is 0.355. The van der Waals surface area contributed by atoms with Gasteiger partial charge in [-0.25, -0.2) is 4.98 Å². The normalized spacial score (nSPS) is 10.6. The number of benzene rings is 1. The van der Waals surface area contributed by atoms with Gasteiger partial charge in [-0.3, -0.25) is 4.40 Å². The summed E-state index contributed by atoms with van der Waals surface area (Å²) in [5, 5.41) is 8.17. The van der Waals surface area contributed by atoms with Crippen LogP contribution in [0.4, 0.5) is 0 Å². The van der Waals surface area contributed by atoms with E-state index in [1.165, 1.54) is 0 Å². The molecular weight excluding hydrogens is 244 g/mol. The lowest BCUT2D eigenvalue weighted by Crippen LogP contribution is -1.93. The zero-order valence-corrected chi connectivity index (χ0v) is 10.6. The van der Waals surface area contributed by atoms with E-state index in [0.717, 1.165) is 5.56 Å². The first-order chi connectivity index (χ1) is 9.33. The molecule has 0 atom stereocenters. The van der Waals surface area contributed by atoms with Gasteiger partial charge in [0.2, 0.25) is 0 Å². The van der Waals surface area contributed by atoms with E-state index in [1.54, 1.807) is 20.4 Å².